The molecular formula is C8H11BrN2OS. The lowest BCUT2D eigenvalue weighted by atomic mass is 10.4. The number of likely N-dealkylation sites (N-methyl/N-ethyl adjacent to an activating group) is 1. The second kappa shape index (κ2) is 5.36. The molecule has 72 valence electrons. The van der Waals surface area contributed by atoms with Crippen molar-refractivity contribution >= 4 is 33.2 Å². The van der Waals surface area contributed by atoms with E-state index in [1.54, 1.807) is 0 Å². The van der Waals surface area contributed by atoms with Crippen molar-refractivity contribution in [2.45, 2.75) is 0 Å². The van der Waals surface area contributed by atoms with Gasteiger partial charge in [-0.1, -0.05) is 0 Å². The van der Waals surface area contributed by atoms with Crippen molar-refractivity contribution in [3.05, 3.63) is 20.8 Å². The fraction of sp³-hybridized carbons (Fsp3) is 0.375. The summed E-state index contributed by atoms with van der Waals surface area (Å²) in [7, 11) is 1.85. The molecule has 0 radical (unpaired) electrons. The quantitative estimate of drug-likeness (QED) is 0.807. The van der Waals surface area contributed by atoms with Crippen molar-refractivity contribution in [3.63, 3.8) is 0 Å². The zero-order valence-electron chi connectivity index (χ0n) is 7.26. The van der Waals surface area contributed by atoms with Crippen LogP contribution < -0.4 is 10.6 Å². The van der Waals surface area contributed by atoms with Gasteiger partial charge in [0.2, 0.25) is 0 Å². The SMILES string of the molecule is CNCCNC(=O)c1sccc1Br. The van der Waals surface area contributed by atoms with E-state index >= 15 is 0 Å². The third-order valence-corrected chi connectivity index (χ3v) is 3.32. The third kappa shape index (κ3) is 3.10. The Morgan fingerprint density at radius 3 is 2.92 bits per heavy atom. The molecule has 1 amide bonds. The molecule has 3 nitrogen and oxygen atoms in total. The number of halogens is 1. The Morgan fingerprint density at radius 2 is 2.38 bits per heavy atom. The molecule has 13 heavy (non-hydrogen) atoms. The number of nitrogens with one attached hydrogen (secondary N) is 2. The first-order valence-corrected chi connectivity index (χ1v) is 5.58. The number of carbonyl (C=O) groups excluding carboxylic acids is 1. The second-order valence-corrected chi connectivity index (χ2v) is 4.23. The molecule has 0 aromatic carbocycles. The van der Waals surface area contributed by atoms with Gasteiger partial charge in [-0.15, -0.1) is 11.3 Å². The maximum Gasteiger partial charge on any atom is 0.262 e. The maximum atomic E-state index is 11.4. The minimum absolute atomic E-state index is 0.0166. The molecule has 0 atom stereocenters. The number of amides is 1. The van der Waals surface area contributed by atoms with Crippen LogP contribution in [0.15, 0.2) is 15.9 Å². The summed E-state index contributed by atoms with van der Waals surface area (Å²) in [4.78, 5) is 12.2. The van der Waals surface area contributed by atoms with Gasteiger partial charge in [-0.2, -0.15) is 0 Å². The van der Waals surface area contributed by atoms with Gasteiger partial charge in [0.05, 0.1) is 0 Å². The van der Waals surface area contributed by atoms with E-state index in [0.29, 0.717) is 6.54 Å². The summed E-state index contributed by atoms with van der Waals surface area (Å²) in [6, 6.07) is 1.87. The second-order valence-electron chi connectivity index (χ2n) is 2.46. The molecule has 0 spiro atoms. The van der Waals surface area contributed by atoms with Crippen LogP contribution in [0.25, 0.3) is 0 Å². The largest absolute Gasteiger partial charge is 0.350 e. The Kier molecular flexibility index (Phi) is 4.41. The van der Waals surface area contributed by atoms with Crippen molar-refractivity contribution in [2.24, 2.45) is 0 Å². The van der Waals surface area contributed by atoms with Gasteiger partial charge in [0, 0.05) is 17.6 Å². The van der Waals surface area contributed by atoms with Gasteiger partial charge >= 0.3 is 0 Å². The molecule has 5 heteroatoms. The average molecular weight is 263 g/mol. The maximum absolute atomic E-state index is 11.4. The topological polar surface area (TPSA) is 41.1 Å². The molecule has 0 aliphatic carbocycles. The Hall–Kier alpha value is -0.390. The van der Waals surface area contributed by atoms with E-state index in [9.17, 15) is 4.79 Å². The van der Waals surface area contributed by atoms with E-state index in [1.165, 1.54) is 11.3 Å². The van der Waals surface area contributed by atoms with Gasteiger partial charge in [0.25, 0.3) is 5.91 Å². The van der Waals surface area contributed by atoms with Crippen LogP contribution in [0.1, 0.15) is 9.67 Å². The molecule has 1 aromatic rings. The zero-order valence-corrected chi connectivity index (χ0v) is 9.67. The predicted octanol–water partition coefficient (Wildman–Crippen LogP) is 1.46. The lowest BCUT2D eigenvalue weighted by molar-refractivity contribution is 0.0957. The van der Waals surface area contributed by atoms with Gasteiger partial charge in [0.15, 0.2) is 0 Å². The average Bonchev–Trinajstić information content (AvgIpc) is 2.52. The van der Waals surface area contributed by atoms with Crippen LogP contribution in [0, 0.1) is 0 Å². The van der Waals surface area contributed by atoms with Gasteiger partial charge in [0.1, 0.15) is 4.88 Å². The van der Waals surface area contributed by atoms with Crippen molar-refractivity contribution in [1.82, 2.24) is 10.6 Å². The van der Waals surface area contributed by atoms with Crippen molar-refractivity contribution in [2.75, 3.05) is 20.1 Å². The minimum Gasteiger partial charge on any atom is -0.350 e. The summed E-state index contributed by atoms with van der Waals surface area (Å²) in [5, 5.41) is 7.65. The molecular weight excluding hydrogens is 252 g/mol. The van der Waals surface area contributed by atoms with E-state index in [-0.39, 0.29) is 5.91 Å². The highest BCUT2D eigenvalue weighted by atomic mass is 79.9. The number of hydrogen-bond acceptors (Lipinski definition) is 3. The first-order valence-electron chi connectivity index (χ1n) is 3.91. The van der Waals surface area contributed by atoms with Crippen molar-refractivity contribution in [3.8, 4) is 0 Å². The number of hydrogen-bond donors (Lipinski definition) is 2. The molecule has 1 heterocycles. The van der Waals surface area contributed by atoms with Crippen molar-refractivity contribution < 1.29 is 4.79 Å². The summed E-state index contributed by atoms with van der Waals surface area (Å²) in [6.45, 7) is 1.44. The summed E-state index contributed by atoms with van der Waals surface area (Å²) in [6.07, 6.45) is 0. The number of carbonyl (C=O) groups is 1. The first-order chi connectivity index (χ1) is 6.25. The standard InChI is InChI=1S/C8H11BrN2OS/c1-10-3-4-11-8(12)7-6(9)2-5-13-7/h2,5,10H,3-4H2,1H3,(H,11,12). The Labute approximate surface area is 89.7 Å². The number of rotatable bonds is 4. The molecule has 2 N–H and O–H groups in total. The van der Waals surface area contributed by atoms with Crippen LogP contribution >= 0.6 is 27.3 Å². The van der Waals surface area contributed by atoms with Crippen molar-refractivity contribution in [1.29, 1.82) is 0 Å². The lowest BCUT2D eigenvalue weighted by Crippen LogP contribution is -2.30. The third-order valence-electron chi connectivity index (χ3n) is 1.48. The van der Waals surface area contributed by atoms with E-state index in [2.05, 4.69) is 26.6 Å². The highest BCUT2D eigenvalue weighted by molar-refractivity contribution is 9.10. The predicted molar refractivity (Wildman–Crippen MR) is 58.3 cm³/mol. The van der Waals surface area contributed by atoms with E-state index in [4.69, 9.17) is 0 Å². The normalized spacial score (nSPS) is 10.0. The van der Waals surface area contributed by atoms with Crippen LogP contribution in [0.3, 0.4) is 0 Å². The van der Waals surface area contributed by atoms with Gasteiger partial charge < -0.3 is 10.6 Å². The molecule has 0 unspecified atom stereocenters. The summed E-state index contributed by atoms with van der Waals surface area (Å²) < 4.78 is 0.861. The summed E-state index contributed by atoms with van der Waals surface area (Å²) in [5.41, 5.74) is 0. The Balaban J connectivity index is 2.45. The van der Waals surface area contributed by atoms with Crippen LogP contribution in [0.5, 0.6) is 0 Å². The minimum atomic E-state index is -0.0166. The molecule has 0 bridgehead atoms. The fourth-order valence-corrected chi connectivity index (χ4v) is 2.30. The molecule has 0 saturated carbocycles. The zero-order chi connectivity index (χ0) is 9.68. The Morgan fingerprint density at radius 1 is 1.62 bits per heavy atom. The van der Waals surface area contributed by atoms with Crippen LogP contribution in [-0.4, -0.2) is 26.0 Å². The molecule has 1 aromatic heterocycles. The van der Waals surface area contributed by atoms with E-state index in [0.717, 1.165) is 15.9 Å². The van der Waals surface area contributed by atoms with Gasteiger partial charge in [-0.3, -0.25) is 4.79 Å². The van der Waals surface area contributed by atoms with Crippen LogP contribution in [-0.2, 0) is 0 Å². The van der Waals surface area contributed by atoms with E-state index in [1.807, 2.05) is 18.5 Å². The highest BCUT2D eigenvalue weighted by Gasteiger charge is 2.09. The molecule has 1 rings (SSSR count). The Bertz CT molecular complexity index is 287. The smallest absolute Gasteiger partial charge is 0.262 e. The molecule has 0 fully saturated rings. The van der Waals surface area contributed by atoms with Crippen LogP contribution in [0.4, 0.5) is 0 Å². The van der Waals surface area contributed by atoms with E-state index < -0.39 is 0 Å². The monoisotopic (exact) mass is 262 g/mol. The first kappa shape index (κ1) is 10.7. The molecule has 0 aliphatic rings. The van der Waals surface area contributed by atoms with Crippen LogP contribution in [0.2, 0.25) is 0 Å². The molecule has 0 aliphatic heterocycles. The number of thiophene rings is 1. The van der Waals surface area contributed by atoms with Gasteiger partial charge in [-0.05, 0) is 34.4 Å². The lowest BCUT2D eigenvalue weighted by Gasteiger charge is -2.02. The molecule has 0 saturated heterocycles. The fourth-order valence-electron chi connectivity index (χ4n) is 0.837. The van der Waals surface area contributed by atoms with Gasteiger partial charge in [-0.25, -0.2) is 0 Å². The summed E-state index contributed by atoms with van der Waals surface area (Å²) in [5.74, 6) is -0.0166. The summed E-state index contributed by atoms with van der Waals surface area (Å²) >= 11 is 4.75. The highest BCUT2D eigenvalue weighted by Crippen LogP contribution is 2.21.